The monoisotopic (exact) mass is 292 g/mol. The van der Waals surface area contributed by atoms with Crippen molar-refractivity contribution in [1.29, 1.82) is 0 Å². The lowest BCUT2D eigenvalue weighted by Crippen LogP contribution is -2.45. The Balaban J connectivity index is 1.95. The average molecular weight is 292 g/mol. The third kappa shape index (κ3) is 4.03. The van der Waals surface area contributed by atoms with Crippen molar-refractivity contribution in [1.82, 2.24) is 10.6 Å². The molecule has 1 amide bonds. The molecule has 116 valence electrons. The standard InChI is InChI=1S/C17H25FN2O/c1-12-10-13(8-9-19-12)16(21)20-11-17(2,3)14-6-4-5-7-15(14)18/h4-7,12-13,19H,8-11H2,1-3H3,(H,20,21)/t12-,13-/m0/s1. The predicted octanol–water partition coefficient (Wildman–Crippen LogP) is 2.61. The molecule has 3 nitrogen and oxygen atoms in total. The lowest BCUT2D eigenvalue weighted by molar-refractivity contribution is -0.126. The van der Waals surface area contributed by atoms with Gasteiger partial charge in [-0.15, -0.1) is 0 Å². The fourth-order valence-electron chi connectivity index (χ4n) is 2.93. The van der Waals surface area contributed by atoms with Crippen LogP contribution in [-0.2, 0) is 10.2 Å². The Hall–Kier alpha value is -1.42. The molecule has 0 spiro atoms. The molecule has 0 unspecified atom stereocenters. The number of rotatable bonds is 4. The molecule has 1 aromatic carbocycles. The summed E-state index contributed by atoms with van der Waals surface area (Å²) in [5, 5.41) is 6.35. The smallest absolute Gasteiger partial charge is 0.223 e. The highest BCUT2D eigenvalue weighted by molar-refractivity contribution is 5.78. The summed E-state index contributed by atoms with van der Waals surface area (Å²) in [5.74, 6) is -0.0577. The number of nitrogens with one attached hydrogen (secondary N) is 2. The summed E-state index contributed by atoms with van der Waals surface area (Å²) >= 11 is 0. The van der Waals surface area contributed by atoms with Gasteiger partial charge < -0.3 is 10.6 Å². The normalized spacial score (nSPS) is 22.9. The minimum Gasteiger partial charge on any atom is -0.355 e. The number of carbonyl (C=O) groups excluding carboxylic acids is 1. The van der Waals surface area contributed by atoms with Gasteiger partial charge in [-0.05, 0) is 37.9 Å². The lowest BCUT2D eigenvalue weighted by Gasteiger charge is -2.30. The molecule has 1 aromatic rings. The Morgan fingerprint density at radius 3 is 2.81 bits per heavy atom. The molecule has 21 heavy (non-hydrogen) atoms. The van der Waals surface area contributed by atoms with Crippen LogP contribution in [0.3, 0.4) is 0 Å². The van der Waals surface area contributed by atoms with Crippen molar-refractivity contribution in [2.75, 3.05) is 13.1 Å². The van der Waals surface area contributed by atoms with Crippen molar-refractivity contribution in [3.8, 4) is 0 Å². The molecule has 2 atom stereocenters. The number of carbonyl (C=O) groups is 1. The van der Waals surface area contributed by atoms with E-state index in [0.29, 0.717) is 18.2 Å². The highest BCUT2D eigenvalue weighted by Crippen LogP contribution is 2.25. The van der Waals surface area contributed by atoms with Gasteiger partial charge in [-0.3, -0.25) is 4.79 Å². The first-order valence-electron chi connectivity index (χ1n) is 7.66. The molecule has 0 bridgehead atoms. The van der Waals surface area contributed by atoms with Gasteiger partial charge in [0.05, 0.1) is 0 Å². The van der Waals surface area contributed by atoms with Gasteiger partial charge in [0.25, 0.3) is 0 Å². The summed E-state index contributed by atoms with van der Waals surface area (Å²) in [5.41, 5.74) is 0.225. The van der Waals surface area contributed by atoms with E-state index in [9.17, 15) is 9.18 Å². The first kappa shape index (κ1) is 16.0. The van der Waals surface area contributed by atoms with Crippen LogP contribution in [0.2, 0.25) is 0 Å². The van der Waals surface area contributed by atoms with Gasteiger partial charge in [0.15, 0.2) is 0 Å². The van der Waals surface area contributed by atoms with Gasteiger partial charge in [-0.25, -0.2) is 4.39 Å². The maximum atomic E-state index is 13.9. The van der Waals surface area contributed by atoms with Crippen LogP contribution in [0.4, 0.5) is 4.39 Å². The minimum absolute atomic E-state index is 0.0673. The topological polar surface area (TPSA) is 41.1 Å². The highest BCUT2D eigenvalue weighted by atomic mass is 19.1. The van der Waals surface area contributed by atoms with Crippen molar-refractivity contribution in [3.05, 3.63) is 35.6 Å². The highest BCUT2D eigenvalue weighted by Gasteiger charge is 2.28. The molecule has 1 fully saturated rings. The molecule has 1 heterocycles. The molecule has 2 N–H and O–H groups in total. The number of hydrogen-bond acceptors (Lipinski definition) is 2. The molecule has 0 aromatic heterocycles. The second-order valence-electron chi connectivity index (χ2n) is 6.66. The van der Waals surface area contributed by atoms with Gasteiger partial charge in [-0.2, -0.15) is 0 Å². The van der Waals surface area contributed by atoms with E-state index in [2.05, 4.69) is 17.6 Å². The molecule has 0 aliphatic carbocycles. The Kier molecular flexibility index (Phi) is 4.99. The minimum atomic E-state index is -0.417. The summed E-state index contributed by atoms with van der Waals surface area (Å²) in [6, 6.07) is 7.15. The molecule has 0 saturated carbocycles. The van der Waals surface area contributed by atoms with Gasteiger partial charge in [0, 0.05) is 23.9 Å². The van der Waals surface area contributed by atoms with E-state index in [0.717, 1.165) is 19.4 Å². The van der Waals surface area contributed by atoms with Crippen molar-refractivity contribution >= 4 is 5.91 Å². The number of benzene rings is 1. The Morgan fingerprint density at radius 2 is 2.14 bits per heavy atom. The second-order valence-corrected chi connectivity index (χ2v) is 6.66. The zero-order chi connectivity index (χ0) is 15.5. The van der Waals surface area contributed by atoms with E-state index in [1.807, 2.05) is 19.9 Å². The van der Waals surface area contributed by atoms with E-state index in [1.54, 1.807) is 12.1 Å². The van der Waals surface area contributed by atoms with E-state index in [4.69, 9.17) is 0 Å². The molecule has 1 aliphatic heterocycles. The summed E-state index contributed by atoms with van der Waals surface area (Å²) in [6.45, 7) is 7.34. The van der Waals surface area contributed by atoms with Crippen molar-refractivity contribution < 1.29 is 9.18 Å². The molecule has 2 rings (SSSR count). The first-order valence-corrected chi connectivity index (χ1v) is 7.66. The van der Waals surface area contributed by atoms with Crippen LogP contribution in [0.5, 0.6) is 0 Å². The quantitative estimate of drug-likeness (QED) is 0.895. The van der Waals surface area contributed by atoms with Gasteiger partial charge in [0.1, 0.15) is 5.82 Å². The zero-order valence-corrected chi connectivity index (χ0v) is 13.1. The van der Waals surface area contributed by atoms with Crippen molar-refractivity contribution in [3.63, 3.8) is 0 Å². The number of piperidine rings is 1. The first-order chi connectivity index (χ1) is 9.90. The molecule has 1 aliphatic rings. The third-order valence-electron chi connectivity index (χ3n) is 4.30. The second kappa shape index (κ2) is 6.56. The maximum absolute atomic E-state index is 13.9. The van der Waals surface area contributed by atoms with Crippen LogP contribution in [-0.4, -0.2) is 25.0 Å². The Morgan fingerprint density at radius 1 is 1.43 bits per heavy atom. The maximum Gasteiger partial charge on any atom is 0.223 e. The summed E-state index contributed by atoms with van der Waals surface area (Å²) in [7, 11) is 0. The van der Waals surface area contributed by atoms with E-state index in [1.165, 1.54) is 6.07 Å². The van der Waals surface area contributed by atoms with Crippen LogP contribution >= 0.6 is 0 Å². The van der Waals surface area contributed by atoms with Crippen molar-refractivity contribution in [2.45, 2.75) is 45.1 Å². The fraction of sp³-hybridized carbons (Fsp3) is 0.588. The molecule has 4 heteroatoms. The summed E-state index contributed by atoms with van der Waals surface area (Å²) in [4.78, 5) is 12.3. The predicted molar refractivity (Wildman–Crippen MR) is 82.6 cm³/mol. The average Bonchev–Trinajstić information content (AvgIpc) is 2.45. The fourth-order valence-corrected chi connectivity index (χ4v) is 2.93. The Labute approximate surface area is 126 Å². The summed E-state index contributed by atoms with van der Waals surface area (Å²) < 4.78 is 13.9. The lowest BCUT2D eigenvalue weighted by atomic mass is 9.83. The Bertz CT molecular complexity index is 501. The van der Waals surface area contributed by atoms with Crippen LogP contribution in [0.1, 0.15) is 39.2 Å². The zero-order valence-electron chi connectivity index (χ0n) is 13.1. The van der Waals surface area contributed by atoms with Crippen LogP contribution in [0, 0.1) is 11.7 Å². The van der Waals surface area contributed by atoms with Gasteiger partial charge in [0.2, 0.25) is 5.91 Å². The SMILES string of the molecule is C[C@H]1C[C@@H](C(=O)NCC(C)(C)c2ccccc2F)CCN1. The number of amides is 1. The van der Waals surface area contributed by atoms with Gasteiger partial charge in [-0.1, -0.05) is 32.0 Å². The molecule has 0 radical (unpaired) electrons. The van der Waals surface area contributed by atoms with Crippen LogP contribution in [0.15, 0.2) is 24.3 Å². The third-order valence-corrected chi connectivity index (χ3v) is 4.30. The number of hydrogen-bond donors (Lipinski definition) is 2. The van der Waals surface area contributed by atoms with Gasteiger partial charge >= 0.3 is 0 Å². The molecular formula is C17H25FN2O. The van der Waals surface area contributed by atoms with E-state index >= 15 is 0 Å². The van der Waals surface area contributed by atoms with Crippen LogP contribution in [0.25, 0.3) is 0 Å². The van der Waals surface area contributed by atoms with Crippen molar-refractivity contribution in [2.24, 2.45) is 5.92 Å². The largest absolute Gasteiger partial charge is 0.355 e. The van der Waals surface area contributed by atoms with Crippen LogP contribution < -0.4 is 10.6 Å². The molecule has 1 saturated heterocycles. The molecular weight excluding hydrogens is 267 g/mol. The van der Waals surface area contributed by atoms with E-state index in [-0.39, 0.29) is 17.6 Å². The number of halogens is 1. The van der Waals surface area contributed by atoms with E-state index < -0.39 is 5.41 Å². The summed E-state index contributed by atoms with van der Waals surface area (Å²) in [6.07, 6.45) is 1.74.